The quantitative estimate of drug-likeness (QED) is 0.449. The van der Waals surface area contributed by atoms with Crippen molar-refractivity contribution in [1.82, 2.24) is 9.73 Å². The molecule has 0 aliphatic heterocycles. The number of benzene rings is 2. The Bertz CT molecular complexity index is 968. The van der Waals surface area contributed by atoms with E-state index in [1.54, 1.807) is 36.4 Å². The molecule has 0 atom stereocenters. The molecule has 30 heavy (non-hydrogen) atoms. The molecule has 0 aliphatic carbocycles. The first-order valence-electron chi connectivity index (χ1n) is 8.89. The molecule has 0 saturated heterocycles. The van der Waals surface area contributed by atoms with Crippen molar-refractivity contribution >= 4 is 22.1 Å². The van der Waals surface area contributed by atoms with Crippen LogP contribution >= 0.6 is 0 Å². The number of nitrogens with zero attached hydrogens (tertiary/aromatic N) is 2. The number of sulfonamides is 1. The lowest BCUT2D eigenvalue weighted by atomic mass is 10.2. The molecule has 0 radical (unpaired) electrons. The van der Waals surface area contributed by atoms with Gasteiger partial charge in [-0.15, -0.1) is 0 Å². The van der Waals surface area contributed by atoms with Crippen LogP contribution in [0.25, 0.3) is 0 Å². The van der Waals surface area contributed by atoms with Crippen molar-refractivity contribution < 1.29 is 27.4 Å². The number of ether oxygens (including phenoxy) is 3. The minimum absolute atomic E-state index is 0.0870. The summed E-state index contributed by atoms with van der Waals surface area (Å²) in [6, 6.07) is 12.3. The predicted octanol–water partition coefficient (Wildman–Crippen LogP) is 1.62. The summed E-state index contributed by atoms with van der Waals surface area (Å²) in [5, 5.41) is 3.89. The van der Waals surface area contributed by atoms with Crippen molar-refractivity contribution in [1.29, 1.82) is 0 Å². The molecular formula is C20H25N3O6S. The van der Waals surface area contributed by atoms with Crippen molar-refractivity contribution in [2.45, 2.75) is 6.54 Å². The van der Waals surface area contributed by atoms with Gasteiger partial charge in [0.2, 0.25) is 15.8 Å². The van der Waals surface area contributed by atoms with Crippen LogP contribution in [0.1, 0.15) is 11.1 Å². The maximum Gasteiger partial charge on any atom is 0.255 e. The Labute approximate surface area is 176 Å². The third-order valence-electron chi connectivity index (χ3n) is 4.08. The minimum Gasteiger partial charge on any atom is -0.493 e. The molecule has 2 aromatic carbocycles. The molecule has 0 fully saturated rings. The van der Waals surface area contributed by atoms with Gasteiger partial charge in [0.25, 0.3) is 5.91 Å². The van der Waals surface area contributed by atoms with Crippen molar-refractivity contribution in [3.63, 3.8) is 0 Å². The zero-order valence-electron chi connectivity index (χ0n) is 17.3. The van der Waals surface area contributed by atoms with Crippen LogP contribution in [0.5, 0.6) is 17.2 Å². The number of amides is 1. The second-order valence-electron chi connectivity index (χ2n) is 6.27. The maximum atomic E-state index is 12.2. The molecule has 10 heteroatoms. The van der Waals surface area contributed by atoms with Gasteiger partial charge in [-0.3, -0.25) is 4.79 Å². The highest BCUT2D eigenvalue weighted by Gasteiger charge is 2.20. The van der Waals surface area contributed by atoms with Gasteiger partial charge in [-0.1, -0.05) is 30.3 Å². The van der Waals surface area contributed by atoms with E-state index in [0.29, 0.717) is 22.8 Å². The number of hydrogen-bond donors (Lipinski definition) is 1. The number of carbonyl (C=O) groups excluding carboxylic acids is 1. The second kappa shape index (κ2) is 10.6. The number of methoxy groups -OCH3 is 3. The Hall–Kier alpha value is -3.11. The molecule has 162 valence electrons. The van der Waals surface area contributed by atoms with Crippen LogP contribution in [-0.4, -0.2) is 59.0 Å². The number of hydrazone groups is 1. The third-order valence-corrected chi connectivity index (χ3v) is 5.28. The summed E-state index contributed by atoms with van der Waals surface area (Å²) in [5.41, 5.74) is 3.70. The Kier molecular flexibility index (Phi) is 8.19. The minimum atomic E-state index is -3.59. The Morgan fingerprint density at radius 2 is 1.67 bits per heavy atom. The fraction of sp³-hybridized carbons (Fsp3) is 0.300. The molecule has 0 aromatic heterocycles. The van der Waals surface area contributed by atoms with Crippen molar-refractivity contribution in [3.8, 4) is 17.2 Å². The van der Waals surface area contributed by atoms with Crippen molar-refractivity contribution in [3.05, 3.63) is 53.6 Å². The van der Waals surface area contributed by atoms with Crippen molar-refractivity contribution in [2.24, 2.45) is 5.10 Å². The molecule has 0 unspecified atom stereocenters. The summed E-state index contributed by atoms with van der Waals surface area (Å²) in [5.74, 6) is 0.748. The van der Waals surface area contributed by atoms with Gasteiger partial charge in [0, 0.05) is 12.1 Å². The molecule has 2 aromatic rings. The zero-order valence-corrected chi connectivity index (χ0v) is 18.1. The molecule has 0 aliphatic rings. The maximum absolute atomic E-state index is 12.2. The Balaban J connectivity index is 2.07. The molecule has 0 heterocycles. The molecule has 2 rings (SSSR count). The van der Waals surface area contributed by atoms with Crippen LogP contribution in [0, 0.1) is 0 Å². The molecule has 0 spiro atoms. The van der Waals surface area contributed by atoms with E-state index in [-0.39, 0.29) is 13.1 Å². The number of carbonyl (C=O) groups is 1. The van der Waals surface area contributed by atoms with Gasteiger partial charge in [-0.05, 0) is 17.7 Å². The summed E-state index contributed by atoms with van der Waals surface area (Å²) in [4.78, 5) is 12.2. The van der Waals surface area contributed by atoms with E-state index in [4.69, 9.17) is 14.2 Å². The third kappa shape index (κ3) is 6.46. The van der Waals surface area contributed by atoms with Crippen LogP contribution < -0.4 is 19.6 Å². The standard InChI is InChI=1S/C20H25N3O6S/c1-27-17-10-16(11-18(28-2)20(17)29-3)12-21-22-19(24)14-23(30(4,25)26)13-15-8-6-5-7-9-15/h5-12H,13-14H2,1-4H3,(H,22,24)/b21-12-. The molecule has 9 nitrogen and oxygen atoms in total. The van der Waals surface area contributed by atoms with Crippen LogP contribution in [0.15, 0.2) is 47.6 Å². The van der Waals surface area contributed by atoms with E-state index in [1.165, 1.54) is 27.5 Å². The van der Waals surface area contributed by atoms with Gasteiger partial charge in [0.05, 0.1) is 40.3 Å². The Morgan fingerprint density at radius 3 is 2.17 bits per heavy atom. The zero-order chi connectivity index (χ0) is 22.1. The molecule has 0 bridgehead atoms. The van der Waals surface area contributed by atoms with E-state index in [2.05, 4.69) is 10.5 Å². The van der Waals surface area contributed by atoms with Gasteiger partial charge in [-0.2, -0.15) is 9.41 Å². The van der Waals surface area contributed by atoms with Gasteiger partial charge in [-0.25, -0.2) is 13.8 Å². The first kappa shape index (κ1) is 23.2. The fourth-order valence-electron chi connectivity index (χ4n) is 2.63. The monoisotopic (exact) mass is 435 g/mol. The summed E-state index contributed by atoms with van der Waals surface area (Å²) in [7, 11) is 0.895. The molecule has 1 N–H and O–H groups in total. The summed E-state index contributed by atoms with van der Waals surface area (Å²) >= 11 is 0. The highest BCUT2D eigenvalue weighted by atomic mass is 32.2. The van der Waals surface area contributed by atoms with Gasteiger partial charge >= 0.3 is 0 Å². The second-order valence-corrected chi connectivity index (χ2v) is 8.25. The van der Waals surface area contributed by atoms with Gasteiger partial charge < -0.3 is 14.2 Å². The smallest absolute Gasteiger partial charge is 0.255 e. The lowest BCUT2D eigenvalue weighted by Crippen LogP contribution is -2.38. The van der Waals surface area contributed by atoms with E-state index in [1.807, 2.05) is 6.07 Å². The number of rotatable bonds is 10. The van der Waals surface area contributed by atoms with E-state index in [0.717, 1.165) is 16.1 Å². The first-order chi connectivity index (χ1) is 14.3. The van der Waals surface area contributed by atoms with Crippen LogP contribution in [0.3, 0.4) is 0 Å². The average Bonchev–Trinajstić information content (AvgIpc) is 2.72. The van der Waals surface area contributed by atoms with Crippen LogP contribution in [0.4, 0.5) is 0 Å². The fourth-order valence-corrected chi connectivity index (χ4v) is 3.36. The van der Waals surface area contributed by atoms with E-state index < -0.39 is 15.9 Å². The Morgan fingerprint density at radius 1 is 1.07 bits per heavy atom. The van der Waals surface area contributed by atoms with E-state index in [9.17, 15) is 13.2 Å². The normalized spacial score (nSPS) is 11.5. The number of nitrogens with one attached hydrogen (secondary N) is 1. The highest BCUT2D eigenvalue weighted by Crippen LogP contribution is 2.37. The van der Waals surface area contributed by atoms with Crippen molar-refractivity contribution in [2.75, 3.05) is 34.1 Å². The van der Waals surface area contributed by atoms with Crippen LogP contribution in [-0.2, 0) is 21.4 Å². The topological polar surface area (TPSA) is 107 Å². The van der Waals surface area contributed by atoms with Gasteiger partial charge in [0.1, 0.15) is 0 Å². The molecule has 0 saturated carbocycles. The van der Waals surface area contributed by atoms with Gasteiger partial charge in [0.15, 0.2) is 11.5 Å². The summed E-state index contributed by atoms with van der Waals surface area (Å²) in [6.07, 6.45) is 2.45. The SMILES string of the molecule is COc1cc(/C=N\NC(=O)CN(Cc2ccccc2)S(C)(=O)=O)cc(OC)c1OC. The van der Waals surface area contributed by atoms with E-state index >= 15 is 0 Å². The lowest BCUT2D eigenvalue weighted by molar-refractivity contribution is -0.121. The predicted molar refractivity (Wildman–Crippen MR) is 114 cm³/mol. The number of hydrogen-bond acceptors (Lipinski definition) is 7. The summed E-state index contributed by atoms with van der Waals surface area (Å²) < 4.78 is 40.9. The first-order valence-corrected chi connectivity index (χ1v) is 10.7. The highest BCUT2D eigenvalue weighted by molar-refractivity contribution is 7.88. The van der Waals surface area contributed by atoms with Crippen LogP contribution in [0.2, 0.25) is 0 Å². The average molecular weight is 436 g/mol. The summed E-state index contributed by atoms with van der Waals surface area (Å²) in [6.45, 7) is -0.274. The lowest BCUT2D eigenvalue weighted by Gasteiger charge is -2.18. The molecular weight excluding hydrogens is 410 g/mol. The largest absolute Gasteiger partial charge is 0.493 e. The molecule has 1 amide bonds.